The van der Waals surface area contributed by atoms with Gasteiger partial charge in [0.05, 0.1) is 5.88 Å². The van der Waals surface area contributed by atoms with Gasteiger partial charge in [0.2, 0.25) is 0 Å². The number of hydrogen-bond donors (Lipinski definition) is 0. The van der Waals surface area contributed by atoms with Gasteiger partial charge >= 0.3 is 0 Å². The molecular formula is C16H16ClFO. The molecule has 0 aliphatic heterocycles. The first kappa shape index (κ1) is 12.8. The van der Waals surface area contributed by atoms with Crippen LogP contribution in [0.5, 0.6) is 5.75 Å². The summed E-state index contributed by atoms with van der Waals surface area (Å²) in [4.78, 5) is 0. The first-order valence-corrected chi connectivity index (χ1v) is 7.31. The molecule has 0 heterocycles. The van der Waals surface area contributed by atoms with Crippen LogP contribution in [0.3, 0.4) is 0 Å². The highest BCUT2D eigenvalue weighted by molar-refractivity contribution is 6.19. The van der Waals surface area contributed by atoms with Crippen LogP contribution in [0.15, 0.2) is 18.2 Å². The maximum absolute atomic E-state index is 13.8. The van der Waals surface area contributed by atoms with Crippen molar-refractivity contribution < 1.29 is 9.13 Å². The second-order valence-electron chi connectivity index (χ2n) is 5.41. The standard InChI is InChI=1S/C16H16ClFO/c17-7-1-2-11-4-6-14(18)16(9-11)19-15-10-12-3-5-13(15)8-12/h4,6,9,12-13,15H,3,5,7-8,10H2. The predicted molar refractivity (Wildman–Crippen MR) is 73.9 cm³/mol. The highest BCUT2D eigenvalue weighted by Crippen LogP contribution is 2.46. The summed E-state index contributed by atoms with van der Waals surface area (Å²) in [6.45, 7) is 0. The van der Waals surface area contributed by atoms with Crippen molar-refractivity contribution in [2.24, 2.45) is 11.8 Å². The predicted octanol–water partition coefficient (Wildman–Crippen LogP) is 3.98. The first-order valence-electron chi connectivity index (χ1n) is 6.77. The Labute approximate surface area is 118 Å². The van der Waals surface area contributed by atoms with E-state index in [-0.39, 0.29) is 17.8 Å². The smallest absolute Gasteiger partial charge is 0.165 e. The van der Waals surface area contributed by atoms with Crippen LogP contribution in [0.4, 0.5) is 4.39 Å². The summed E-state index contributed by atoms with van der Waals surface area (Å²) >= 11 is 5.52. The van der Waals surface area contributed by atoms with Gasteiger partial charge in [-0.15, -0.1) is 11.6 Å². The van der Waals surface area contributed by atoms with Gasteiger partial charge in [-0.2, -0.15) is 0 Å². The summed E-state index contributed by atoms with van der Waals surface area (Å²) < 4.78 is 19.7. The molecule has 19 heavy (non-hydrogen) atoms. The number of rotatable bonds is 2. The van der Waals surface area contributed by atoms with Crippen molar-refractivity contribution in [1.82, 2.24) is 0 Å². The van der Waals surface area contributed by atoms with E-state index in [9.17, 15) is 4.39 Å². The molecular weight excluding hydrogens is 263 g/mol. The molecule has 2 fully saturated rings. The lowest BCUT2D eigenvalue weighted by Crippen LogP contribution is -2.23. The van der Waals surface area contributed by atoms with Crippen molar-refractivity contribution in [2.45, 2.75) is 31.8 Å². The summed E-state index contributed by atoms with van der Waals surface area (Å²) in [5, 5.41) is 0. The molecule has 2 saturated carbocycles. The third-order valence-corrected chi connectivity index (χ3v) is 4.32. The van der Waals surface area contributed by atoms with Crippen molar-refractivity contribution >= 4 is 11.6 Å². The quantitative estimate of drug-likeness (QED) is 0.587. The Bertz CT molecular complexity index is 531. The van der Waals surface area contributed by atoms with Crippen LogP contribution in [0.1, 0.15) is 31.2 Å². The Balaban J connectivity index is 1.76. The lowest BCUT2D eigenvalue weighted by atomic mass is 9.98. The Hall–Kier alpha value is -1.20. The molecule has 0 radical (unpaired) electrons. The number of alkyl halides is 1. The zero-order valence-corrected chi connectivity index (χ0v) is 11.4. The topological polar surface area (TPSA) is 9.23 Å². The van der Waals surface area contributed by atoms with E-state index in [1.807, 2.05) is 0 Å². The number of ether oxygens (including phenoxy) is 1. The normalized spacial score (nSPS) is 28.0. The van der Waals surface area contributed by atoms with E-state index in [0.717, 1.165) is 17.9 Å². The summed E-state index contributed by atoms with van der Waals surface area (Å²) in [6.07, 6.45) is 5.04. The van der Waals surface area contributed by atoms with Crippen LogP contribution in [0.25, 0.3) is 0 Å². The molecule has 3 unspecified atom stereocenters. The van der Waals surface area contributed by atoms with Gasteiger partial charge in [0.25, 0.3) is 0 Å². The average molecular weight is 279 g/mol. The van der Waals surface area contributed by atoms with E-state index in [2.05, 4.69) is 11.8 Å². The van der Waals surface area contributed by atoms with Crippen molar-refractivity contribution in [2.75, 3.05) is 5.88 Å². The molecule has 0 aromatic heterocycles. The van der Waals surface area contributed by atoms with Crippen molar-refractivity contribution in [1.29, 1.82) is 0 Å². The lowest BCUT2D eigenvalue weighted by Gasteiger charge is -2.23. The Morgan fingerprint density at radius 1 is 1.32 bits per heavy atom. The minimum absolute atomic E-state index is 0.185. The molecule has 1 nitrogen and oxygen atoms in total. The zero-order chi connectivity index (χ0) is 13.2. The fourth-order valence-corrected chi connectivity index (χ4v) is 3.37. The van der Waals surface area contributed by atoms with Crippen LogP contribution >= 0.6 is 11.6 Å². The number of hydrogen-bond acceptors (Lipinski definition) is 1. The van der Waals surface area contributed by atoms with Crippen LogP contribution in [0.2, 0.25) is 0 Å². The van der Waals surface area contributed by atoms with Gasteiger partial charge in [-0.1, -0.05) is 11.8 Å². The van der Waals surface area contributed by atoms with Crippen molar-refractivity contribution in [3.8, 4) is 17.6 Å². The molecule has 100 valence electrons. The van der Waals surface area contributed by atoms with Crippen LogP contribution < -0.4 is 4.74 Å². The Kier molecular flexibility index (Phi) is 3.66. The summed E-state index contributed by atoms with van der Waals surface area (Å²) in [5.74, 6) is 7.37. The van der Waals surface area contributed by atoms with Crippen LogP contribution in [-0.2, 0) is 0 Å². The average Bonchev–Trinajstić information content (AvgIpc) is 3.02. The Morgan fingerprint density at radius 3 is 2.89 bits per heavy atom. The number of benzene rings is 1. The molecule has 3 atom stereocenters. The van der Waals surface area contributed by atoms with Gasteiger partial charge < -0.3 is 4.74 Å². The molecule has 3 rings (SSSR count). The molecule has 0 spiro atoms. The van der Waals surface area contributed by atoms with Gasteiger partial charge in [0, 0.05) is 5.56 Å². The van der Waals surface area contributed by atoms with E-state index in [4.69, 9.17) is 16.3 Å². The lowest BCUT2D eigenvalue weighted by molar-refractivity contribution is 0.132. The van der Waals surface area contributed by atoms with E-state index in [0.29, 0.717) is 11.7 Å². The monoisotopic (exact) mass is 278 g/mol. The third-order valence-electron chi connectivity index (χ3n) is 4.18. The second-order valence-corrected chi connectivity index (χ2v) is 5.68. The fraction of sp³-hybridized carbons (Fsp3) is 0.500. The molecule has 2 aliphatic carbocycles. The molecule has 2 bridgehead atoms. The van der Waals surface area contributed by atoms with Crippen LogP contribution in [-0.4, -0.2) is 12.0 Å². The summed E-state index contributed by atoms with van der Waals surface area (Å²) in [5.41, 5.74) is 0.750. The number of halogens is 2. The number of fused-ring (bicyclic) bond motifs is 2. The van der Waals surface area contributed by atoms with E-state index in [1.165, 1.54) is 25.3 Å². The molecule has 2 aliphatic rings. The van der Waals surface area contributed by atoms with Gasteiger partial charge in [-0.25, -0.2) is 4.39 Å². The van der Waals surface area contributed by atoms with Gasteiger partial charge in [0.15, 0.2) is 11.6 Å². The van der Waals surface area contributed by atoms with E-state index >= 15 is 0 Å². The second kappa shape index (κ2) is 5.43. The third kappa shape index (κ3) is 2.72. The van der Waals surface area contributed by atoms with Gasteiger partial charge in [0.1, 0.15) is 6.10 Å². The molecule has 0 N–H and O–H groups in total. The largest absolute Gasteiger partial charge is 0.487 e. The SMILES string of the molecule is Fc1ccc(C#CCCl)cc1OC1CC2CCC1C2. The summed E-state index contributed by atoms with van der Waals surface area (Å²) in [7, 11) is 0. The van der Waals surface area contributed by atoms with Crippen molar-refractivity contribution in [3.05, 3.63) is 29.6 Å². The highest BCUT2D eigenvalue weighted by atomic mass is 35.5. The van der Waals surface area contributed by atoms with E-state index in [1.54, 1.807) is 12.1 Å². The molecule has 0 saturated heterocycles. The van der Waals surface area contributed by atoms with Crippen molar-refractivity contribution in [3.63, 3.8) is 0 Å². The van der Waals surface area contributed by atoms with Gasteiger partial charge in [-0.05, 0) is 55.7 Å². The maximum Gasteiger partial charge on any atom is 0.165 e. The fourth-order valence-electron chi connectivity index (χ4n) is 3.30. The zero-order valence-electron chi connectivity index (χ0n) is 10.7. The van der Waals surface area contributed by atoms with Crippen LogP contribution in [0, 0.1) is 29.5 Å². The molecule has 3 heteroatoms. The minimum atomic E-state index is -0.306. The minimum Gasteiger partial charge on any atom is -0.487 e. The van der Waals surface area contributed by atoms with Gasteiger partial charge in [-0.3, -0.25) is 0 Å². The Morgan fingerprint density at radius 2 is 2.21 bits per heavy atom. The first-order chi connectivity index (χ1) is 9.26. The molecule has 0 amide bonds. The molecule has 1 aromatic rings. The highest BCUT2D eigenvalue weighted by Gasteiger charge is 2.41. The van der Waals surface area contributed by atoms with E-state index < -0.39 is 0 Å². The summed E-state index contributed by atoms with van der Waals surface area (Å²) in [6, 6.07) is 4.75. The molecule has 1 aromatic carbocycles. The maximum atomic E-state index is 13.8.